The lowest BCUT2D eigenvalue weighted by Crippen LogP contribution is -2.52. The second-order valence-corrected chi connectivity index (χ2v) is 9.89. The molecule has 0 spiro atoms. The smallest absolute Gasteiger partial charge is 0.255 e. The Kier molecular flexibility index (Phi) is 9.84. The fraction of sp³-hybridized carbons (Fsp3) is 0.600. The molecular weight excluding hydrogens is 579 g/mol. The summed E-state index contributed by atoms with van der Waals surface area (Å²) < 4.78 is 0. The lowest BCUT2D eigenvalue weighted by molar-refractivity contribution is -0.136. The average molecular weight is 613 g/mol. The summed E-state index contributed by atoms with van der Waals surface area (Å²) in [5.41, 5.74) is 1.17. The lowest BCUT2D eigenvalue weighted by Gasteiger charge is -2.38. The molecule has 4 aliphatic rings. The van der Waals surface area contributed by atoms with Gasteiger partial charge in [-0.1, -0.05) is 12.8 Å². The van der Waals surface area contributed by atoms with E-state index >= 15 is 0 Å². The molecule has 1 aliphatic carbocycles. The molecule has 190 valence electrons. The molecule has 0 bridgehead atoms. The number of amides is 3. The highest BCUT2D eigenvalue weighted by atomic mass is 127. The molecule has 1 aromatic rings. The van der Waals surface area contributed by atoms with E-state index in [4.69, 9.17) is 5.26 Å². The van der Waals surface area contributed by atoms with Crippen LogP contribution in [0.25, 0.3) is 0 Å². The number of nitrogens with one attached hydrogen (secondary N) is 1. The van der Waals surface area contributed by atoms with E-state index in [-0.39, 0.29) is 35.9 Å². The molecule has 2 saturated heterocycles. The molecule has 0 radical (unpaired) electrons. The summed E-state index contributed by atoms with van der Waals surface area (Å²) in [5, 5.41) is 20.7. The third-order valence-corrected chi connectivity index (χ3v) is 7.52. The zero-order valence-corrected chi connectivity index (χ0v) is 23.1. The normalized spacial score (nSPS) is 23.9. The summed E-state index contributed by atoms with van der Waals surface area (Å²) in [5.74, 6) is -0.870. The summed E-state index contributed by atoms with van der Waals surface area (Å²) in [6.45, 7) is 4.69. The van der Waals surface area contributed by atoms with Gasteiger partial charge in [0, 0.05) is 24.6 Å². The van der Waals surface area contributed by atoms with Gasteiger partial charge in [-0.2, -0.15) is 5.26 Å². The molecule has 1 aromatic carbocycles. The SMILES string of the molecule is CC1(C#N)CCN(C2CCCC2)CC1.O=C1CCC(N2Cc3cc(O)ccc3C2=O)C(=O)N1.SI. The third-order valence-electron chi connectivity index (χ3n) is 7.52. The number of hydrogen-bond acceptors (Lipinski definition) is 7. The molecule has 10 heteroatoms. The van der Waals surface area contributed by atoms with Gasteiger partial charge < -0.3 is 14.9 Å². The van der Waals surface area contributed by atoms with E-state index in [0.717, 1.165) is 32.0 Å². The Morgan fingerprint density at radius 2 is 1.80 bits per heavy atom. The molecular formula is C25H33IN4O4S. The van der Waals surface area contributed by atoms with Gasteiger partial charge in [0.2, 0.25) is 11.8 Å². The Balaban J connectivity index is 0.000000190. The molecule has 1 saturated carbocycles. The van der Waals surface area contributed by atoms with E-state index < -0.39 is 11.9 Å². The highest BCUT2D eigenvalue weighted by molar-refractivity contribution is 14.2. The molecule has 8 nitrogen and oxygen atoms in total. The third kappa shape index (κ3) is 6.68. The monoisotopic (exact) mass is 612 g/mol. The Hall–Kier alpha value is -1.84. The molecule has 3 aliphatic heterocycles. The van der Waals surface area contributed by atoms with Crippen molar-refractivity contribution in [2.45, 2.75) is 76.9 Å². The van der Waals surface area contributed by atoms with Crippen LogP contribution in [0.1, 0.15) is 74.2 Å². The molecule has 35 heavy (non-hydrogen) atoms. The van der Waals surface area contributed by atoms with Gasteiger partial charge in [0.15, 0.2) is 0 Å². The number of nitrogens with zero attached hydrogens (tertiary/aromatic N) is 3. The molecule has 3 amide bonds. The second kappa shape index (κ2) is 12.4. The zero-order chi connectivity index (χ0) is 25.6. The number of aromatic hydroxyl groups is 1. The van der Waals surface area contributed by atoms with Gasteiger partial charge in [-0.05, 0) is 97.1 Å². The minimum Gasteiger partial charge on any atom is -0.508 e. The number of carbonyl (C=O) groups excluding carboxylic acids is 3. The first-order valence-corrected chi connectivity index (χ1v) is 15.3. The minimum atomic E-state index is -0.611. The van der Waals surface area contributed by atoms with Crippen molar-refractivity contribution in [3.05, 3.63) is 29.3 Å². The number of benzene rings is 1. The standard InChI is InChI=1S/C13H12N2O4.C12H20N2.HIS/c16-8-1-2-9-7(5-8)6-15(13(9)19)10-3-4-11(17)14-12(10)18;1-12(10-13)6-8-14(9-7-12)11-4-2-3-5-11;1-2/h1-2,5,10,16H,3-4,6H2,(H,14,17,18);11H,2-9H2,1H3;2H. The van der Waals surface area contributed by atoms with Crippen molar-refractivity contribution in [2.75, 3.05) is 13.1 Å². The molecule has 1 unspecified atom stereocenters. The van der Waals surface area contributed by atoms with Crippen LogP contribution in [-0.2, 0) is 16.1 Å². The minimum absolute atomic E-state index is 0.0326. The Bertz CT molecular complexity index is 984. The van der Waals surface area contributed by atoms with E-state index in [1.54, 1.807) is 6.07 Å². The summed E-state index contributed by atoms with van der Waals surface area (Å²) in [4.78, 5) is 39.2. The van der Waals surface area contributed by atoms with Crippen molar-refractivity contribution >= 4 is 48.7 Å². The molecule has 3 heterocycles. The van der Waals surface area contributed by atoms with Gasteiger partial charge in [-0.3, -0.25) is 19.7 Å². The average Bonchev–Trinajstić information content (AvgIpc) is 3.50. The van der Waals surface area contributed by atoms with Gasteiger partial charge in [-0.25, -0.2) is 0 Å². The van der Waals surface area contributed by atoms with Crippen LogP contribution in [0.4, 0.5) is 0 Å². The fourth-order valence-corrected chi connectivity index (χ4v) is 5.32. The van der Waals surface area contributed by atoms with E-state index in [0.29, 0.717) is 17.5 Å². The molecule has 5 rings (SSSR count). The first-order chi connectivity index (χ1) is 16.8. The number of halogens is 1. The van der Waals surface area contributed by atoms with Gasteiger partial charge in [-0.15, -0.1) is 9.80 Å². The van der Waals surface area contributed by atoms with Crippen LogP contribution in [0.3, 0.4) is 0 Å². The van der Waals surface area contributed by atoms with Crippen molar-refractivity contribution in [1.29, 1.82) is 5.26 Å². The van der Waals surface area contributed by atoms with Crippen molar-refractivity contribution in [1.82, 2.24) is 15.1 Å². The number of imide groups is 1. The maximum atomic E-state index is 12.2. The van der Waals surface area contributed by atoms with Crippen molar-refractivity contribution in [2.24, 2.45) is 5.41 Å². The van der Waals surface area contributed by atoms with Gasteiger partial charge in [0.1, 0.15) is 11.8 Å². The zero-order valence-electron chi connectivity index (χ0n) is 20.0. The van der Waals surface area contributed by atoms with Crippen LogP contribution in [0.5, 0.6) is 5.75 Å². The predicted octanol–water partition coefficient (Wildman–Crippen LogP) is 3.97. The maximum absolute atomic E-state index is 12.2. The highest BCUT2D eigenvalue weighted by Gasteiger charge is 2.39. The van der Waals surface area contributed by atoms with Crippen LogP contribution in [-0.4, -0.2) is 57.8 Å². The van der Waals surface area contributed by atoms with Crippen molar-refractivity contribution in [3.8, 4) is 11.8 Å². The number of rotatable bonds is 2. The number of phenolic OH excluding ortho intramolecular Hbond substituents is 1. The maximum Gasteiger partial charge on any atom is 0.255 e. The van der Waals surface area contributed by atoms with Gasteiger partial charge in [0.05, 0.1) is 11.5 Å². The number of nitriles is 1. The Morgan fingerprint density at radius 3 is 2.40 bits per heavy atom. The number of likely N-dealkylation sites (tertiary alicyclic amines) is 1. The van der Waals surface area contributed by atoms with Crippen molar-refractivity contribution in [3.63, 3.8) is 0 Å². The van der Waals surface area contributed by atoms with Crippen LogP contribution >= 0.6 is 31.0 Å². The van der Waals surface area contributed by atoms with Crippen molar-refractivity contribution < 1.29 is 19.5 Å². The number of thiol groups is 1. The predicted molar refractivity (Wildman–Crippen MR) is 144 cm³/mol. The van der Waals surface area contributed by atoms with Crippen LogP contribution in [0.2, 0.25) is 0 Å². The Labute approximate surface area is 224 Å². The van der Waals surface area contributed by atoms with E-state index in [1.807, 2.05) is 21.2 Å². The summed E-state index contributed by atoms with van der Waals surface area (Å²) in [6, 6.07) is 7.23. The molecule has 1 atom stereocenters. The molecule has 3 fully saturated rings. The number of phenols is 1. The quantitative estimate of drug-likeness (QED) is 0.265. The fourth-order valence-electron chi connectivity index (χ4n) is 5.32. The first kappa shape index (κ1) is 27.7. The van der Waals surface area contributed by atoms with Crippen LogP contribution in [0.15, 0.2) is 18.2 Å². The van der Waals surface area contributed by atoms with Gasteiger partial charge >= 0.3 is 0 Å². The van der Waals surface area contributed by atoms with E-state index in [1.165, 1.54) is 42.7 Å². The molecule has 0 aromatic heterocycles. The summed E-state index contributed by atoms with van der Waals surface area (Å²) in [6.07, 6.45) is 8.33. The summed E-state index contributed by atoms with van der Waals surface area (Å²) in [7, 11) is 3.50. The number of piperidine rings is 2. The van der Waals surface area contributed by atoms with E-state index in [2.05, 4.69) is 33.0 Å². The summed E-state index contributed by atoms with van der Waals surface area (Å²) >= 11 is 1.84. The van der Waals surface area contributed by atoms with Crippen LogP contribution < -0.4 is 5.32 Å². The largest absolute Gasteiger partial charge is 0.508 e. The topological polar surface area (TPSA) is 114 Å². The highest BCUT2D eigenvalue weighted by Crippen LogP contribution is 2.34. The number of carbonyl (C=O) groups is 3. The number of hydrogen-bond donors (Lipinski definition) is 3. The molecule has 2 N–H and O–H groups in total. The van der Waals surface area contributed by atoms with Gasteiger partial charge in [0.25, 0.3) is 5.91 Å². The number of fused-ring (bicyclic) bond motifs is 1. The van der Waals surface area contributed by atoms with E-state index in [9.17, 15) is 19.5 Å². The lowest BCUT2D eigenvalue weighted by atomic mass is 9.81. The Morgan fingerprint density at radius 1 is 1.14 bits per heavy atom. The second-order valence-electron chi connectivity index (χ2n) is 9.89. The first-order valence-electron chi connectivity index (χ1n) is 12.1. The van der Waals surface area contributed by atoms with Crippen LogP contribution in [0, 0.1) is 16.7 Å².